The van der Waals surface area contributed by atoms with Gasteiger partial charge in [0.1, 0.15) is 12.4 Å². The highest BCUT2D eigenvalue weighted by Gasteiger charge is 2.31. The van der Waals surface area contributed by atoms with Crippen LogP contribution in [0.5, 0.6) is 5.75 Å². The summed E-state index contributed by atoms with van der Waals surface area (Å²) in [5.74, 6) is 0.774. The first kappa shape index (κ1) is 16.3. The van der Waals surface area contributed by atoms with Crippen molar-refractivity contribution in [2.45, 2.75) is 26.0 Å². The highest BCUT2D eigenvalue weighted by molar-refractivity contribution is 6.07. The lowest BCUT2D eigenvalue weighted by atomic mass is 10.1. The molecule has 1 unspecified atom stereocenters. The van der Waals surface area contributed by atoms with E-state index in [1.54, 1.807) is 12.4 Å². The number of nitrogens with zero attached hydrogens (tertiary/aromatic N) is 2. The Morgan fingerprint density at radius 1 is 1.08 bits per heavy atom. The van der Waals surface area contributed by atoms with Crippen LogP contribution >= 0.6 is 0 Å². The zero-order valence-corrected chi connectivity index (χ0v) is 14.6. The molecule has 4 heteroatoms. The second-order valence-corrected chi connectivity index (χ2v) is 6.53. The van der Waals surface area contributed by atoms with Crippen molar-refractivity contribution in [1.82, 2.24) is 4.98 Å². The zero-order valence-electron chi connectivity index (χ0n) is 14.6. The minimum absolute atomic E-state index is 0.0307. The number of amides is 1. The summed E-state index contributed by atoms with van der Waals surface area (Å²) in [4.78, 5) is 18.9. The van der Waals surface area contributed by atoms with E-state index in [-0.39, 0.29) is 11.9 Å². The number of rotatable bonds is 4. The van der Waals surface area contributed by atoms with Gasteiger partial charge in [-0.1, -0.05) is 18.2 Å². The SMILES string of the molecule is CC1Cc2ccccc2N1C(=O)c1ccc(OCc2ccncc2)cc1. The molecule has 3 aromatic rings. The van der Waals surface area contributed by atoms with E-state index in [4.69, 9.17) is 4.74 Å². The smallest absolute Gasteiger partial charge is 0.258 e. The predicted octanol–water partition coefficient (Wildman–Crippen LogP) is 4.25. The highest BCUT2D eigenvalue weighted by atomic mass is 16.5. The molecule has 0 saturated heterocycles. The Hall–Kier alpha value is -3.14. The number of pyridine rings is 1. The average Bonchev–Trinajstić information content (AvgIpc) is 3.03. The summed E-state index contributed by atoms with van der Waals surface area (Å²) in [6, 6.07) is 19.5. The summed E-state index contributed by atoms with van der Waals surface area (Å²) >= 11 is 0. The number of carbonyl (C=O) groups excluding carboxylic acids is 1. The van der Waals surface area contributed by atoms with Gasteiger partial charge >= 0.3 is 0 Å². The molecule has 130 valence electrons. The first-order valence-corrected chi connectivity index (χ1v) is 8.75. The number of hydrogen-bond donors (Lipinski definition) is 0. The summed E-state index contributed by atoms with van der Waals surface area (Å²) in [5, 5.41) is 0. The lowest BCUT2D eigenvalue weighted by Gasteiger charge is -2.23. The minimum atomic E-state index is 0.0307. The maximum absolute atomic E-state index is 13.0. The molecule has 1 aliphatic heterocycles. The molecule has 1 aliphatic rings. The first-order valence-electron chi connectivity index (χ1n) is 8.75. The van der Waals surface area contributed by atoms with E-state index >= 15 is 0 Å². The van der Waals surface area contributed by atoms with Crippen molar-refractivity contribution >= 4 is 11.6 Å². The third kappa shape index (κ3) is 3.18. The van der Waals surface area contributed by atoms with E-state index in [1.807, 2.05) is 59.5 Å². The van der Waals surface area contributed by atoms with Crippen LogP contribution < -0.4 is 9.64 Å². The van der Waals surface area contributed by atoms with Crippen LogP contribution in [0.15, 0.2) is 73.1 Å². The van der Waals surface area contributed by atoms with E-state index in [9.17, 15) is 4.79 Å². The molecule has 0 aliphatic carbocycles. The Labute approximate surface area is 153 Å². The minimum Gasteiger partial charge on any atom is -0.489 e. The number of hydrogen-bond acceptors (Lipinski definition) is 3. The Balaban J connectivity index is 1.47. The summed E-state index contributed by atoms with van der Waals surface area (Å²) in [7, 11) is 0. The molecule has 0 N–H and O–H groups in total. The van der Waals surface area contributed by atoms with Crippen LogP contribution in [0.1, 0.15) is 28.4 Å². The Morgan fingerprint density at radius 2 is 1.81 bits per heavy atom. The monoisotopic (exact) mass is 344 g/mol. The molecule has 1 aromatic heterocycles. The van der Waals surface area contributed by atoms with Gasteiger partial charge in [0, 0.05) is 29.7 Å². The fourth-order valence-electron chi connectivity index (χ4n) is 3.35. The van der Waals surface area contributed by atoms with Gasteiger partial charge in [-0.25, -0.2) is 0 Å². The molecule has 1 amide bonds. The van der Waals surface area contributed by atoms with Crippen molar-refractivity contribution in [2.24, 2.45) is 0 Å². The normalized spacial score (nSPS) is 15.6. The number of aromatic nitrogens is 1. The molecule has 0 bridgehead atoms. The van der Waals surface area contributed by atoms with Gasteiger partial charge in [-0.15, -0.1) is 0 Å². The molecular formula is C22H20N2O2. The standard InChI is InChI=1S/C22H20N2O2/c1-16-14-19-4-2-3-5-21(19)24(16)22(25)18-6-8-20(9-7-18)26-15-17-10-12-23-13-11-17/h2-13,16H,14-15H2,1H3. The number of ether oxygens (including phenoxy) is 1. The summed E-state index contributed by atoms with van der Waals surface area (Å²) in [6.07, 6.45) is 4.39. The molecule has 0 spiro atoms. The van der Waals surface area contributed by atoms with Crippen molar-refractivity contribution in [2.75, 3.05) is 4.90 Å². The third-order valence-corrected chi connectivity index (χ3v) is 4.68. The zero-order chi connectivity index (χ0) is 17.9. The third-order valence-electron chi connectivity index (χ3n) is 4.68. The van der Waals surface area contributed by atoms with Crippen LogP contribution in [0.25, 0.3) is 0 Å². The van der Waals surface area contributed by atoms with Crippen LogP contribution in [0.4, 0.5) is 5.69 Å². The average molecular weight is 344 g/mol. The van der Waals surface area contributed by atoms with Crippen molar-refractivity contribution in [1.29, 1.82) is 0 Å². The van der Waals surface area contributed by atoms with Gasteiger partial charge in [0.2, 0.25) is 0 Å². The molecule has 0 fully saturated rings. The highest BCUT2D eigenvalue weighted by Crippen LogP contribution is 2.33. The number of para-hydroxylation sites is 1. The van der Waals surface area contributed by atoms with Crippen LogP contribution in [-0.4, -0.2) is 16.9 Å². The quantitative estimate of drug-likeness (QED) is 0.710. The topological polar surface area (TPSA) is 42.4 Å². The fourth-order valence-corrected chi connectivity index (χ4v) is 3.35. The molecule has 2 heterocycles. The van der Waals surface area contributed by atoms with Gasteiger partial charge in [-0.3, -0.25) is 9.78 Å². The van der Waals surface area contributed by atoms with Crippen molar-refractivity contribution in [3.8, 4) is 5.75 Å². The molecule has 0 saturated carbocycles. The van der Waals surface area contributed by atoms with E-state index in [1.165, 1.54) is 5.56 Å². The van der Waals surface area contributed by atoms with E-state index < -0.39 is 0 Å². The van der Waals surface area contributed by atoms with Gasteiger partial charge in [0.05, 0.1) is 0 Å². The second-order valence-electron chi connectivity index (χ2n) is 6.53. The van der Waals surface area contributed by atoms with Crippen molar-refractivity contribution in [3.63, 3.8) is 0 Å². The molecule has 2 aromatic carbocycles. The first-order chi connectivity index (χ1) is 12.7. The molecular weight excluding hydrogens is 324 g/mol. The Kier molecular flexibility index (Phi) is 4.40. The lowest BCUT2D eigenvalue weighted by Crippen LogP contribution is -2.35. The summed E-state index contributed by atoms with van der Waals surface area (Å²) < 4.78 is 5.78. The van der Waals surface area contributed by atoms with E-state index in [2.05, 4.69) is 18.0 Å². The van der Waals surface area contributed by atoms with Crippen LogP contribution in [0, 0.1) is 0 Å². The molecule has 26 heavy (non-hydrogen) atoms. The maximum atomic E-state index is 13.0. The predicted molar refractivity (Wildman–Crippen MR) is 101 cm³/mol. The van der Waals surface area contributed by atoms with Crippen molar-refractivity contribution in [3.05, 3.63) is 89.7 Å². The van der Waals surface area contributed by atoms with E-state index in [0.29, 0.717) is 12.2 Å². The molecule has 4 nitrogen and oxygen atoms in total. The fraction of sp³-hybridized carbons (Fsp3) is 0.182. The van der Waals surface area contributed by atoms with Crippen LogP contribution in [0.3, 0.4) is 0 Å². The number of carbonyl (C=O) groups is 1. The van der Waals surface area contributed by atoms with Gasteiger partial charge in [0.25, 0.3) is 5.91 Å². The lowest BCUT2D eigenvalue weighted by molar-refractivity contribution is 0.0981. The second kappa shape index (κ2) is 7.00. The maximum Gasteiger partial charge on any atom is 0.258 e. The summed E-state index contributed by atoms with van der Waals surface area (Å²) in [6.45, 7) is 2.57. The van der Waals surface area contributed by atoms with Gasteiger partial charge in [-0.2, -0.15) is 0 Å². The van der Waals surface area contributed by atoms with Crippen molar-refractivity contribution < 1.29 is 9.53 Å². The Bertz CT molecular complexity index is 907. The van der Waals surface area contributed by atoms with Gasteiger partial charge < -0.3 is 9.64 Å². The number of anilines is 1. The number of fused-ring (bicyclic) bond motifs is 1. The Morgan fingerprint density at radius 3 is 2.58 bits per heavy atom. The van der Waals surface area contributed by atoms with E-state index in [0.717, 1.165) is 23.4 Å². The summed E-state index contributed by atoms with van der Waals surface area (Å²) in [5.41, 5.74) is 3.97. The molecule has 0 radical (unpaired) electrons. The largest absolute Gasteiger partial charge is 0.489 e. The number of benzene rings is 2. The molecule has 1 atom stereocenters. The van der Waals surface area contributed by atoms with Crippen LogP contribution in [-0.2, 0) is 13.0 Å². The van der Waals surface area contributed by atoms with Crippen LogP contribution in [0.2, 0.25) is 0 Å². The molecule has 4 rings (SSSR count). The van der Waals surface area contributed by atoms with Gasteiger partial charge in [0.15, 0.2) is 0 Å². The van der Waals surface area contributed by atoms with Gasteiger partial charge in [-0.05, 0) is 66.9 Å².